The van der Waals surface area contributed by atoms with Crippen molar-refractivity contribution in [2.75, 3.05) is 20.8 Å². The van der Waals surface area contributed by atoms with Crippen LogP contribution in [0.4, 0.5) is 0 Å². The molecular formula is C27H44N2O5. The van der Waals surface area contributed by atoms with E-state index in [4.69, 9.17) is 9.47 Å². The van der Waals surface area contributed by atoms with Gasteiger partial charge in [-0.05, 0) is 37.7 Å². The van der Waals surface area contributed by atoms with Gasteiger partial charge < -0.3 is 24.8 Å². The first-order chi connectivity index (χ1) is 16.2. The molecule has 0 aromatic heterocycles. The van der Waals surface area contributed by atoms with E-state index in [2.05, 4.69) is 19.2 Å². The molecule has 1 aromatic carbocycles. The van der Waals surface area contributed by atoms with E-state index in [0.29, 0.717) is 18.9 Å². The fourth-order valence-electron chi connectivity index (χ4n) is 4.85. The number of methoxy groups -OCH3 is 2. The summed E-state index contributed by atoms with van der Waals surface area (Å²) in [5.74, 6) is -0.122. The van der Waals surface area contributed by atoms with Crippen molar-refractivity contribution in [1.82, 2.24) is 10.2 Å². The molecule has 7 heteroatoms. The number of amides is 2. The van der Waals surface area contributed by atoms with Gasteiger partial charge in [-0.15, -0.1) is 0 Å². The molecule has 2 N–H and O–H groups in total. The van der Waals surface area contributed by atoms with Crippen LogP contribution in [0.15, 0.2) is 30.3 Å². The zero-order valence-corrected chi connectivity index (χ0v) is 21.7. The molecule has 34 heavy (non-hydrogen) atoms. The number of nitrogens with zero attached hydrogens (tertiary/aromatic N) is 1. The summed E-state index contributed by atoms with van der Waals surface area (Å²) in [6, 6.07) is 8.67. The Balaban J connectivity index is 2.02. The highest BCUT2D eigenvalue weighted by molar-refractivity contribution is 5.80. The molecule has 2 rings (SSSR count). The minimum absolute atomic E-state index is 0.0557. The summed E-state index contributed by atoms with van der Waals surface area (Å²) in [6.07, 6.45) is 2.59. The lowest BCUT2D eigenvalue weighted by Gasteiger charge is -2.35. The average Bonchev–Trinajstić information content (AvgIpc) is 3.33. The number of likely N-dealkylation sites (tertiary alicyclic amines) is 1. The Bertz CT molecular complexity index is 759. The van der Waals surface area contributed by atoms with Gasteiger partial charge in [0.25, 0.3) is 0 Å². The third kappa shape index (κ3) is 7.52. The lowest BCUT2D eigenvalue weighted by atomic mass is 9.93. The van der Waals surface area contributed by atoms with Crippen molar-refractivity contribution >= 4 is 11.8 Å². The molecular weight excluding hydrogens is 432 g/mol. The number of hydrogen-bond donors (Lipinski definition) is 2. The largest absolute Gasteiger partial charge is 0.386 e. The standard InChI is InChI=1S/C27H44N2O5/c1-7-18(2)16-22(33-5)17-24(30)29-15-11-14-23(29)26(34-6)19(3)27(32)28-20(4)25(31)21-12-9-8-10-13-21/h8-10,12-13,18-20,22-23,25-26,31H,7,11,14-17H2,1-6H3,(H,28,32)/t18-,19?,20+,22-,23-,25+,26+/m0/s1. The van der Waals surface area contributed by atoms with Crippen LogP contribution in [0.3, 0.4) is 0 Å². The molecule has 1 heterocycles. The predicted molar refractivity (Wildman–Crippen MR) is 133 cm³/mol. The number of benzene rings is 1. The molecule has 0 bridgehead atoms. The first kappa shape index (κ1) is 28.3. The monoisotopic (exact) mass is 476 g/mol. The third-order valence-corrected chi connectivity index (χ3v) is 7.26. The van der Waals surface area contributed by atoms with Crippen molar-refractivity contribution in [1.29, 1.82) is 0 Å². The number of nitrogens with one attached hydrogen (secondary N) is 1. The molecule has 0 saturated carbocycles. The maximum atomic E-state index is 13.2. The van der Waals surface area contributed by atoms with Crippen LogP contribution < -0.4 is 5.32 Å². The molecule has 1 aliphatic heterocycles. The lowest BCUT2D eigenvalue weighted by Crippen LogP contribution is -2.51. The zero-order chi connectivity index (χ0) is 25.3. The fraction of sp³-hybridized carbons (Fsp3) is 0.704. The Morgan fingerprint density at radius 2 is 1.82 bits per heavy atom. The second-order valence-corrected chi connectivity index (χ2v) is 9.75. The Morgan fingerprint density at radius 1 is 1.15 bits per heavy atom. The smallest absolute Gasteiger partial charge is 0.225 e. The quantitative estimate of drug-likeness (QED) is 0.453. The summed E-state index contributed by atoms with van der Waals surface area (Å²) in [5, 5.41) is 13.6. The van der Waals surface area contributed by atoms with Crippen molar-refractivity contribution in [3.63, 3.8) is 0 Å². The van der Waals surface area contributed by atoms with Crippen LogP contribution >= 0.6 is 0 Å². The van der Waals surface area contributed by atoms with Crippen LogP contribution in [0.25, 0.3) is 0 Å². The maximum absolute atomic E-state index is 13.2. The van der Waals surface area contributed by atoms with E-state index < -0.39 is 24.2 Å². The number of carbonyl (C=O) groups excluding carboxylic acids is 2. The minimum atomic E-state index is -0.806. The van der Waals surface area contributed by atoms with E-state index in [1.54, 1.807) is 21.1 Å². The van der Waals surface area contributed by atoms with Crippen LogP contribution in [0.5, 0.6) is 0 Å². The molecule has 192 valence electrons. The molecule has 7 nitrogen and oxygen atoms in total. The van der Waals surface area contributed by atoms with Crippen molar-refractivity contribution in [2.24, 2.45) is 11.8 Å². The number of ether oxygens (including phenoxy) is 2. The summed E-state index contributed by atoms with van der Waals surface area (Å²) >= 11 is 0. The van der Waals surface area contributed by atoms with Gasteiger partial charge in [0, 0.05) is 20.8 Å². The molecule has 2 amide bonds. The van der Waals surface area contributed by atoms with Crippen LogP contribution in [-0.4, -0.2) is 66.9 Å². The summed E-state index contributed by atoms with van der Waals surface area (Å²) < 4.78 is 11.4. The van der Waals surface area contributed by atoms with Gasteiger partial charge in [0.15, 0.2) is 0 Å². The zero-order valence-electron chi connectivity index (χ0n) is 21.7. The van der Waals surface area contributed by atoms with Crippen LogP contribution in [0, 0.1) is 11.8 Å². The van der Waals surface area contributed by atoms with E-state index >= 15 is 0 Å². The van der Waals surface area contributed by atoms with E-state index in [1.807, 2.05) is 42.2 Å². The number of aliphatic hydroxyl groups is 1. The number of carbonyl (C=O) groups is 2. The topological polar surface area (TPSA) is 88.1 Å². The summed E-state index contributed by atoms with van der Waals surface area (Å²) in [7, 11) is 3.26. The number of hydrogen-bond acceptors (Lipinski definition) is 5. The van der Waals surface area contributed by atoms with Gasteiger partial charge in [0.2, 0.25) is 11.8 Å². The molecule has 1 unspecified atom stereocenters. The molecule has 1 aliphatic rings. The molecule has 0 spiro atoms. The molecule has 1 aromatic rings. The second-order valence-electron chi connectivity index (χ2n) is 9.75. The van der Waals surface area contributed by atoms with E-state index in [9.17, 15) is 14.7 Å². The highest BCUT2D eigenvalue weighted by Gasteiger charge is 2.40. The summed E-state index contributed by atoms with van der Waals surface area (Å²) in [4.78, 5) is 28.1. The van der Waals surface area contributed by atoms with Gasteiger partial charge in [0.05, 0.1) is 42.7 Å². The van der Waals surface area contributed by atoms with Crippen molar-refractivity contribution in [3.05, 3.63) is 35.9 Å². The Kier molecular flexibility index (Phi) is 11.5. The van der Waals surface area contributed by atoms with Gasteiger partial charge in [-0.3, -0.25) is 9.59 Å². The second kappa shape index (κ2) is 13.8. The fourth-order valence-corrected chi connectivity index (χ4v) is 4.85. The van der Waals surface area contributed by atoms with Gasteiger partial charge in [-0.1, -0.05) is 57.5 Å². The van der Waals surface area contributed by atoms with Crippen LogP contribution in [0.1, 0.15) is 71.5 Å². The maximum Gasteiger partial charge on any atom is 0.225 e. The Morgan fingerprint density at radius 3 is 2.41 bits per heavy atom. The lowest BCUT2D eigenvalue weighted by molar-refractivity contribution is -0.142. The molecule has 7 atom stereocenters. The van der Waals surface area contributed by atoms with Gasteiger partial charge in [-0.2, -0.15) is 0 Å². The third-order valence-electron chi connectivity index (χ3n) is 7.26. The number of rotatable bonds is 13. The van der Waals surface area contributed by atoms with E-state index in [1.165, 1.54) is 0 Å². The van der Waals surface area contributed by atoms with Gasteiger partial charge in [-0.25, -0.2) is 0 Å². The first-order valence-electron chi connectivity index (χ1n) is 12.6. The summed E-state index contributed by atoms with van der Waals surface area (Å²) in [5.41, 5.74) is 0.754. The summed E-state index contributed by atoms with van der Waals surface area (Å²) in [6.45, 7) is 8.60. The molecule has 0 aliphatic carbocycles. The highest BCUT2D eigenvalue weighted by atomic mass is 16.5. The normalized spacial score (nSPS) is 21.4. The van der Waals surface area contributed by atoms with Crippen LogP contribution in [-0.2, 0) is 19.1 Å². The highest BCUT2D eigenvalue weighted by Crippen LogP contribution is 2.28. The molecule has 0 radical (unpaired) electrons. The van der Waals surface area contributed by atoms with Crippen molar-refractivity contribution < 1.29 is 24.2 Å². The SMILES string of the molecule is CC[C@H](C)C[C@@H](CC(=O)N1CCC[C@H]1[C@H](OC)C(C)C(=O)N[C@H](C)[C@@H](O)c1ccccc1)OC. The molecule has 1 fully saturated rings. The van der Waals surface area contributed by atoms with Crippen LogP contribution in [0.2, 0.25) is 0 Å². The molecule has 1 saturated heterocycles. The average molecular weight is 477 g/mol. The van der Waals surface area contributed by atoms with E-state index in [0.717, 1.165) is 31.2 Å². The van der Waals surface area contributed by atoms with Crippen molar-refractivity contribution in [3.8, 4) is 0 Å². The Labute approximate surface area is 205 Å². The Hall–Kier alpha value is -1.96. The minimum Gasteiger partial charge on any atom is -0.386 e. The van der Waals surface area contributed by atoms with Crippen molar-refractivity contribution in [2.45, 2.75) is 90.2 Å². The van der Waals surface area contributed by atoms with Gasteiger partial charge >= 0.3 is 0 Å². The first-order valence-corrected chi connectivity index (χ1v) is 12.6. The number of aliphatic hydroxyl groups excluding tert-OH is 1. The van der Waals surface area contributed by atoms with Gasteiger partial charge in [0.1, 0.15) is 0 Å². The predicted octanol–water partition coefficient (Wildman–Crippen LogP) is 3.71. The van der Waals surface area contributed by atoms with E-state index in [-0.39, 0.29) is 24.0 Å².